The van der Waals surface area contributed by atoms with Gasteiger partial charge in [-0.05, 0) is 39.7 Å². The molecular formula is C21H27N5O4S2. The summed E-state index contributed by atoms with van der Waals surface area (Å²) in [6.07, 6.45) is 4.34. The van der Waals surface area contributed by atoms with Gasteiger partial charge in [-0.2, -0.15) is 0 Å². The molecule has 1 saturated heterocycles. The van der Waals surface area contributed by atoms with Gasteiger partial charge < -0.3 is 14.0 Å². The van der Waals surface area contributed by atoms with Crippen molar-refractivity contribution < 1.29 is 17.7 Å². The molecule has 1 fully saturated rings. The first-order chi connectivity index (χ1) is 15.2. The second kappa shape index (κ2) is 8.70. The van der Waals surface area contributed by atoms with Crippen molar-refractivity contribution in [1.82, 2.24) is 19.6 Å². The Balaban J connectivity index is 1.65. The van der Waals surface area contributed by atoms with Gasteiger partial charge in [-0.25, -0.2) is 13.4 Å². The maximum Gasteiger partial charge on any atom is 0.265 e. The number of nitrogens with zero attached hydrogens (tertiary/aromatic N) is 4. The Morgan fingerprint density at radius 1 is 1.12 bits per heavy atom. The Morgan fingerprint density at radius 2 is 1.81 bits per heavy atom. The first-order valence-corrected chi connectivity index (χ1v) is 12.9. The predicted octanol–water partition coefficient (Wildman–Crippen LogP) is 3.88. The van der Waals surface area contributed by atoms with E-state index in [9.17, 15) is 13.2 Å². The first-order valence-electron chi connectivity index (χ1n) is 10.6. The molecule has 0 aliphatic carbocycles. The van der Waals surface area contributed by atoms with Gasteiger partial charge in [0.2, 0.25) is 0 Å². The van der Waals surface area contributed by atoms with Gasteiger partial charge in [0.15, 0.2) is 5.82 Å². The van der Waals surface area contributed by atoms with Crippen molar-refractivity contribution in [2.24, 2.45) is 7.05 Å². The molecule has 0 radical (unpaired) electrons. The van der Waals surface area contributed by atoms with Crippen molar-refractivity contribution in [3.05, 3.63) is 34.2 Å². The lowest BCUT2D eigenvalue weighted by molar-refractivity contribution is 0.0765. The molecule has 3 aromatic heterocycles. The normalized spacial score (nSPS) is 15.1. The Morgan fingerprint density at radius 3 is 2.44 bits per heavy atom. The topological polar surface area (TPSA) is 110 Å². The molecular weight excluding hydrogens is 450 g/mol. The number of anilines is 1. The summed E-state index contributed by atoms with van der Waals surface area (Å²) in [5, 5.41) is 4.32. The summed E-state index contributed by atoms with van der Waals surface area (Å²) in [4.78, 5) is 20.4. The molecule has 0 unspecified atom stereocenters. The molecule has 1 aliphatic heterocycles. The average Bonchev–Trinajstić information content (AvgIpc) is 3.31. The number of nitrogens with one attached hydrogen (secondary N) is 1. The summed E-state index contributed by atoms with van der Waals surface area (Å²) >= 11 is 1.31. The standard InChI is InChI=1S/C21H27N5O4S2/c1-13-11-18(23-30-13)24-32(28,29)17-12-16(25(4)15(17)3)20-22-14(2)19(31-20)21(27)26-9-7-5-6-8-10-26/h11-12H,5-10H2,1-4H3,(H,23,24). The van der Waals surface area contributed by atoms with Crippen LogP contribution in [0.4, 0.5) is 5.82 Å². The van der Waals surface area contributed by atoms with Crippen molar-refractivity contribution in [2.45, 2.75) is 51.3 Å². The van der Waals surface area contributed by atoms with Crippen LogP contribution in [0.3, 0.4) is 0 Å². The summed E-state index contributed by atoms with van der Waals surface area (Å²) < 4.78 is 35.1. The van der Waals surface area contributed by atoms with E-state index in [-0.39, 0.29) is 16.6 Å². The number of aryl methyl sites for hydroxylation is 2. The van der Waals surface area contributed by atoms with E-state index in [1.807, 2.05) is 11.8 Å². The van der Waals surface area contributed by atoms with Crippen LogP contribution in [0.1, 0.15) is 52.5 Å². The highest BCUT2D eigenvalue weighted by atomic mass is 32.2. The Bertz CT molecular complexity index is 1250. The highest BCUT2D eigenvalue weighted by molar-refractivity contribution is 7.92. The number of likely N-dealkylation sites (tertiary alicyclic amines) is 1. The summed E-state index contributed by atoms with van der Waals surface area (Å²) in [5.74, 6) is 0.644. The van der Waals surface area contributed by atoms with Crippen molar-refractivity contribution >= 4 is 33.1 Å². The Labute approximate surface area is 191 Å². The first kappa shape index (κ1) is 22.5. The van der Waals surface area contributed by atoms with E-state index >= 15 is 0 Å². The van der Waals surface area contributed by atoms with Gasteiger partial charge in [0.05, 0.1) is 11.4 Å². The van der Waals surface area contributed by atoms with Crippen LogP contribution in [0.5, 0.6) is 0 Å². The highest BCUT2D eigenvalue weighted by Gasteiger charge is 2.27. The molecule has 0 saturated carbocycles. The fourth-order valence-corrected chi connectivity index (χ4v) is 6.24. The van der Waals surface area contributed by atoms with Crippen LogP contribution < -0.4 is 4.72 Å². The van der Waals surface area contributed by atoms with E-state index < -0.39 is 10.0 Å². The van der Waals surface area contributed by atoms with Crippen molar-refractivity contribution in [1.29, 1.82) is 0 Å². The lowest BCUT2D eigenvalue weighted by atomic mass is 10.2. The summed E-state index contributed by atoms with van der Waals surface area (Å²) in [7, 11) is -2.08. The monoisotopic (exact) mass is 477 g/mol. The molecule has 1 aliphatic rings. The number of carbonyl (C=O) groups is 1. The van der Waals surface area contributed by atoms with E-state index in [0.29, 0.717) is 32.7 Å². The molecule has 9 nitrogen and oxygen atoms in total. The zero-order chi connectivity index (χ0) is 23.0. The second-order valence-corrected chi connectivity index (χ2v) is 10.8. The molecule has 172 valence electrons. The molecule has 11 heteroatoms. The number of hydrogen-bond donors (Lipinski definition) is 1. The van der Waals surface area contributed by atoms with E-state index in [4.69, 9.17) is 4.52 Å². The maximum atomic E-state index is 13.1. The summed E-state index contributed by atoms with van der Waals surface area (Å²) in [6.45, 7) is 6.78. The van der Waals surface area contributed by atoms with Gasteiger partial charge in [-0.1, -0.05) is 18.0 Å². The molecule has 0 atom stereocenters. The lowest BCUT2D eigenvalue weighted by Gasteiger charge is -2.19. The van der Waals surface area contributed by atoms with Gasteiger partial charge >= 0.3 is 0 Å². The third-order valence-electron chi connectivity index (χ3n) is 5.75. The number of sulfonamides is 1. The van der Waals surface area contributed by atoms with E-state index in [2.05, 4.69) is 14.9 Å². The predicted molar refractivity (Wildman–Crippen MR) is 122 cm³/mol. The van der Waals surface area contributed by atoms with Crippen LogP contribution in [-0.2, 0) is 17.1 Å². The van der Waals surface area contributed by atoms with Crippen LogP contribution >= 0.6 is 11.3 Å². The molecule has 0 spiro atoms. The minimum absolute atomic E-state index is 0.00925. The van der Waals surface area contributed by atoms with E-state index in [0.717, 1.165) is 38.8 Å². The van der Waals surface area contributed by atoms with Crippen LogP contribution in [0.2, 0.25) is 0 Å². The van der Waals surface area contributed by atoms with Crippen LogP contribution in [-0.4, -0.2) is 47.0 Å². The molecule has 0 bridgehead atoms. The van der Waals surface area contributed by atoms with Crippen LogP contribution in [0, 0.1) is 20.8 Å². The third kappa shape index (κ3) is 4.31. The number of rotatable bonds is 5. The second-order valence-electron chi connectivity index (χ2n) is 8.11. The van der Waals surface area contributed by atoms with Crippen molar-refractivity contribution in [2.75, 3.05) is 17.8 Å². The van der Waals surface area contributed by atoms with Crippen LogP contribution in [0.15, 0.2) is 21.6 Å². The SMILES string of the molecule is Cc1cc(NS(=O)(=O)c2cc(-c3nc(C)c(C(=O)N4CCCCCC4)s3)n(C)c2C)no1. The summed E-state index contributed by atoms with van der Waals surface area (Å²) in [5.41, 5.74) is 1.86. The lowest BCUT2D eigenvalue weighted by Crippen LogP contribution is -2.31. The van der Waals surface area contributed by atoms with Gasteiger partial charge in [0.1, 0.15) is 20.5 Å². The smallest absolute Gasteiger partial charge is 0.265 e. The van der Waals surface area contributed by atoms with Gasteiger partial charge in [0.25, 0.3) is 15.9 Å². The molecule has 3 aromatic rings. The fourth-order valence-electron chi connectivity index (χ4n) is 3.88. The van der Waals surface area contributed by atoms with E-state index in [1.54, 1.807) is 31.5 Å². The van der Waals surface area contributed by atoms with Gasteiger partial charge in [-0.15, -0.1) is 11.3 Å². The molecule has 1 N–H and O–H groups in total. The minimum atomic E-state index is -3.87. The van der Waals surface area contributed by atoms with Crippen molar-refractivity contribution in [3.63, 3.8) is 0 Å². The molecule has 0 aromatic carbocycles. The van der Waals surface area contributed by atoms with Gasteiger partial charge in [-0.3, -0.25) is 9.52 Å². The minimum Gasteiger partial charge on any atom is -0.360 e. The number of hydrogen-bond acceptors (Lipinski definition) is 7. The quantitative estimate of drug-likeness (QED) is 0.597. The molecule has 4 heterocycles. The maximum absolute atomic E-state index is 13.1. The molecule has 1 amide bonds. The van der Waals surface area contributed by atoms with Crippen molar-refractivity contribution in [3.8, 4) is 10.7 Å². The Kier molecular flexibility index (Phi) is 6.13. The van der Waals surface area contributed by atoms with Crippen LogP contribution in [0.25, 0.3) is 10.7 Å². The highest BCUT2D eigenvalue weighted by Crippen LogP contribution is 2.33. The average molecular weight is 478 g/mol. The third-order valence-corrected chi connectivity index (χ3v) is 8.39. The number of amides is 1. The summed E-state index contributed by atoms with van der Waals surface area (Å²) in [6, 6.07) is 3.10. The zero-order valence-electron chi connectivity index (χ0n) is 18.6. The molecule has 4 rings (SSSR count). The van der Waals surface area contributed by atoms with Gasteiger partial charge in [0, 0.05) is 31.9 Å². The van der Waals surface area contributed by atoms with E-state index in [1.165, 1.54) is 17.4 Å². The fraction of sp³-hybridized carbons (Fsp3) is 0.476. The Hall–Kier alpha value is -2.66. The largest absolute Gasteiger partial charge is 0.360 e. The zero-order valence-corrected chi connectivity index (χ0v) is 20.3. The number of thiazole rings is 1. The number of aromatic nitrogens is 3. The number of carbonyl (C=O) groups excluding carboxylic acids is 1. The molecule has 32 heavy (non-hydrogen) atoms.